The summed E-state index contributed by atoms with van der Waals surface area (Å²) >= 11 is 0. The highest BCUT2D eigenvalue weighted by Gasteiger charge is 2.55. The molecule has 3 fully saturated rings. The molecule has 3 aliphatic rings. The molecule has 2 bridgehead atoms. The Kier molecular flexibility index (Phi) is 2.85. The van der Waals surface area contributed by atoms with Gasteiger partial charge < -0.3 is 10.2 Å². The van der Waals surface area contributed by atoms with Crippen LogP contribution in [0.3, 0.4) is 0 Å². The van der Waals surface area contributed by atoms with E-state index in [4.69, 9.17) is 0 Å². The molecule has 0 aliphatic heterocycles. The minimum absolute atomic E-state index is 0.398. The van der Waals surface area contributed by atoms with Crippen molar-refractivity contribution in [1.82, 2.24) is 0 Å². The Morgan fingerprint density at radius 2 is 1.57 bits per heavy atom. The zero-order chi connectivity index (χ0) is 10.3. The van der Waals surface area contributed by atoms with Crippen molar-refractivity contribution in [2.45, 2.75) is 51.7 Å². The molecule has 82 valence electrons. The van der Waals surface area contributed by atoms with Crippen molar-refractivity contribution in [3.63, 3.8) is 0 Å². The van der Waals surface area contributed by atoms with Crippen LogP contribution >= 0.6 is 0 Å². The first kappa shape index (κ1) is 10.4. The highest BCUT2D eigenvalue weighted by Crippen LogP contribution is 2.58. The van der Waals surface area contributed by atoms with Crippen molar-refractivity contribution in [3.8, 4) is 0 Å². The van der Waals surface area contributed by atoms with Gasteiger partial charge in [0.25, 0.3) is 0 Å². The Hall–Kier alpha value is -0.0800. The predicted molar refractivity (Wildman–Crippen MR) is 55.8 cm³/mol. The average Bonchev–Trinajstić information content (AvgIpc) is 2.85. The second-order valence-electron chi connectivity index (χ2n) is 4.87. The van der Waals surface area contributed by atoms with Gasteiger partial charge in [-0.15, -0.1) is 0 Å². The van der Waals surface area contributed by atoms with Crippen molar-refractivity contribution in [1.29, 1.82) is 0 Å². The van der Waals surface area contributed by atoms with Crippen molar-refractivity contribution in [3.05, 3.63) is 0 Å². The van der Waals surface area contributed by atoms with E-state index >= 15 is 0 Å². The van der Waals surface area contributed by atoms with Crippen LogP contribution in [0.15, 0.2) is 0 Å². The third kappa shape index (κ3) is 1.31. The van der Waals surface area contributed by atoms with Crippen LogP contribution in [0.25, 0.3) is 0 Å². The lowest BCUT2D eigenvalue weighted by atomic mass is 9.81. The highest BCUT2D eigenvalue weighted by molar-refractivity contribution is 5.05. The molecule has 6 unspecified atom stereocenters. The summed E-state index contributed by atoms with van der Waals surface area (Å²) < 4.78 is 0. The molecule has 3 saturated carbocycles. The maximum atomic E-state index is 9.74. The molecule has 2 N–H and O–H groups in total. The second-order valence-corrected chi connectivity index (χ2v) is 4.87. The number of hydrogen-bond donors (Lipinski definition) is 2. The van der Waals surface area contributed by atoms with Gasteiger partial charge in [-0.3, -0.25) is 0 Å². The van der Waals surface area contributed by atoms with E-state index in [1.165, 1.54) is 19.3 Å². The zero-order valence-corrected chi connectivity index (χ0v) is 9.19. The molecule has 3 rings (SSSR count). The number of rotatable bonds is 0. The summed E-state index contributed by atoms with van der Waals surface area (Å²) in [5, 5.41) is 19.3. The predicted octanol–water partition coefficient (Wildman–Crippen LogP) is 1.80. The van der Waals surface area contributed by atoms with E-state index in [0.29, 0.717) is 11.8 Å². The van der Waals surface area contributed by atoms with Crippen LogP contribution < -0.4 is 0 Å². The van der Waals surface area contributed by atoms with Gasteiger partial charge in [-0.05, 0) is 49.4 Å². The average molecular weight is 198 g/mol. The molecule has 0 heterocycles. The Balaban J connectivity index is 0.000000354. The molecule has 14 heavy (non-hydrogen) atoms. The van der Waals surface area contributed by atoms with Crippen LogP contribution in [0.4, 0.5) is 0 Å². The summed E-state index contributed by atoms with van der Waals surface area (Å²) in [6.07, 6.45) is 4.04. The Labute approximate surface area is 86.3 Å². The maximum absolute atomic E-state index is 9.74. The van der Waals surface area contributed by atoms with Crippen LogP contribution in [-0.2, 0) is 0 Å². The van der Waals surface area contributed by atoms with Gasteiger partial charge in [0.05, 0.1) is 12.2 Å². The molecule has 2 heteroatoms. The first-order chi connectivity index (χ1) is 6.77. The molecule has 3 aliphatic carbocycles. The molecule has 0 aromatic carbocycles. The number of hydrogen-bond acceptors (Lipinski definition) is 2. The maximum Gasteiger partial charge on any atom is 0.0832 e. The van der Waals surface area contributed by atoms with E-state index in [0.717, 1.165) is 18.3 Å². The smallest absolute Gasteiger partial charge is 0.0832 e. The first-order valence-electron chi connectivity index (χ1n) is 6.13. The van der Waals surface area contributed by atoms with Crippen molar-refractivity contribution < 1.29 is 10.2 Å². The molecule has 0 radical (unpaired) electrons. The summed E-state index contributed by atoms with van der Waals surface area (Å²) in [6.45, 7) is 4.00. The minimum atomic E-state index is -0.414. The lowest BCUT2D eigenvalue weighted by Gasteiger charge is -2.25. The molecule has 0 spiro atoms. The lowest BCUT2D eigenvalue weighted by molar-refractivity contribution is 0.00654. The largest absolute Gasteiger partial charge is 0.390 e. The van der Waals surface area contributed by atoms with Gasteiger partial charge in [0.1, 0.15) is 0 Å². The first-order valence-corrected chi connectivity index (χ1v) is 6.13. The van der Waals surface area contributed by atoms with Crippen molar-refractivity contribution in [2.75, 3.05) is 0 Å². The van der Waals surface area contributed by atoms with Crippen LogP contribution in [0.5, 0.6) is 0 Å². The van der Waals surface area contributed by atoms with Gasteiger partial charge in [-0.2, -0.15) is 0 Å². The van der Waals surface area contributed by atoms with Gasteiger partial charge in [0, 0.05) is 0 Å². The number of fused-ring (bicyclic) bond motifs is 5. The second kappa shape index (κ2) is 3.82. The van der Waals surface area contributed by atoms with E-state index < -0.39 is 12.2 Å². The number of aliphatic hydroxyl groups excluding tert-OH is 2. The summed E-state index contributed by atoms with van der Waals surface area (Å²) in [5.41, 5.74) is 0. The molecule has 0 amide bonds. The summed E-state index contributed by atoms with van der Waals surface area (Å²) in [7, 11) is 0. The fraction of sp³-hybridized carbons (Fsp3) is 1.00. The third-order valence-electron chi connectivity index (χ3n) is 4.46. The van der Waals surface area contributed by atoms with E-state index in [2.05, 4.69) is 0 Å². The quantitative estimate of drug-likeness (QED) is 0.623. The zero-order valence-electron chi connectivity index (χ0n) is 9.19. The molecule has 0 aromatic heterocycles. The summed E-state index contributed by atoms with van der Waals surface area (Å²) in [6, 6.07) is 0. The monoisotopic (exact) mass is 198 g/mol. The molecular weight excluding hydrogens is 176 g/mol. The van der Waals surface area contributed by atoms with Crippen LogP contribution in [0.1, 0.15) is 39.5 Å². The highest BCUT2D eigenvalue weighted by atomic mass is 16.3. The van der Waals surface area contributed by atoms with Crippen molar-refractivity contribution >= 4 is 0 Å². The van der Waals surface area contributed by atoms with Gasteiger partial charge in [-0.25, -0.2) is 0 Å². The van der Waals surface area contributed by atoms with E-state index in [-0.39, 0.29) is 0 Å². The lowest BCUT2D eigenvalue weighted by Crippen LogP contribution is -2.29. The fourth-order valence-corrected chi connectivity index (χ4v) is 4.01. The third-order valence-corrected chi connectivity index (χ3v) is 4.46. The molecule has 0 aromatic rings. The molecule has 0 saturated heterocycles. The van der Waals surface area contributed by atoms with Gasteiger partial charge in [-0.1, -0.05) is 13.8 Å². The van der Waals surface area contributed by atoms with Gasteiger partial charge in [0.15, 0.2) is 0 Å². The standard InChI is InChI=1S/C10H16O2.C2H6/c11-8-4-7-5-1-2-6(3-5)9(7)10(8)12;1-2/h5-12H,1-4H2;1-2H3. The SMILES string of the molecule is CC.OC1CC2C3CCC(C3)C2C1O. The minimum Gasteiger partial charge on any atom is -0.390 e. The van der Waals surface area contributed by atoms with E-state index in [9.17, 15) is 10.2 Å². The van der Waals surface area contributed by atoms with E-state index in [1.807, 2.05) is 13.8 Å². The molecule has 2 nitrogen and oxygen atoms in total. The van der Waals surface area contributed by atoms with Crippen LogP contribution in [0.2, 0.25) is 0 Å². The normalized spacial score (nSPS) is 54.0. The number of aliphatic hydroxyl groups is 2. The van der Waals surface area contributed by atoms with Crippen LogP contribution in [0, 0.1) is 23.7 Å². The van der Waals surface area contributed by atoms with Crippen molar-refractivity contribution in [2.24, 2.45) is 23.7 Å². The Bertz CT molecular complexity index is 202. The molecule has 6 atom stereocenters. The Morgan fingerprint density at radius 3 is 2.21 bits per heavy atom. The molecular formula is C12H22O2. The Morgan fingerprint density at radius 1 is 0.929 bits per heavy atom. The fourth-order valence-electron chi connectivity index (χ4n) is 4.01. The van der Waals surface area contributed by atoms with Gasteiger partial charge >= 0.3 is 0 Å². The summed E-state index contributed by atoms with van der Waals surface area (Å²) in [5.74, 6) is 2.70. The van der Waals surface area contributed by atoms with Crippen LogP contribution in [-0.4, -0.2) is 22.4 Å². The topological polar surface area (TPSA) is 40.5 Å². The van der Waals surface area contributed by atoms with E-state index in [1.54, 1.807) is 0 Å². The summed E-state index contributed by atoms with van der Waals surface area (Å²) in [4.78, 5) is 0. The van der Waals surface area contributed by atoms with Gasteiger partial charge in [0.2, 0.25) is 0 Å².